The maximum absolute atomic E-state index is 11.8. The summed E-state index contributed by atoms with van der Waals surface area (Å²) in [6, 6.07) is 9.06. The maximum Gasteiger partial charge on any atom is 0.308 e. The van der Waals surface area contributed by atoms with Gasteiger partial charge in [-0.1, -0.05) is 38.4 Å². The van der Waals surface area contributed by atoms with Crippen molar-refractivity contribution in [1.82, 2.24) is 15.0 Å². The van der Waals surface area contributed by atoms with Gasteiger partial charge in [-0.15, -0.1) is 15.0 Å². The predicted octanol–water partition coefficient (Wildman–Crippen LogP) is 3.83. The molecule has 7 heteroatoms. The first kappa shape index (κ1) is 19.3. The number of halogens is 1. The summed E-state index contributed by atoms with van der Waals surface area (Å²) >= 11 is 6.05. The lowest BCUT2D eigenvalue weighted by atomic mass is 9.84. The molecular weight excluding hydrogens is 366 g/mol. The van der Waals surface area contributed by atoms with Gasteiger partial charge < -0.3 is 9.84 Å². The van der Waals surface area contributed by atoms with Gasteiger partial charge in [0.15, 0.2) is 5.75 Å². The minimum Gasteiger partial charge on any atom is -0.424 e. The lowest BCUT2D eigenvalue weighted by Gasteiger charge is -2.25. The number of carbonyl (C=O) groups excluding carboxylic acids is 1. The van der Waals surface area contributed by atoms with E-state index in [1.165, 1.54) is 11.7 Å². The third-order valence-corrected chi connectivity index (χ3v) is 4.38. The first-order valence-corrected chi connectivity index (χ1v) is 9.06. The van der Waals surface area contributed by atoms with Crippen LogP contribution in [0.2, 0.25) is 5.02 Å². The van der Waals surface area contributed by atoms with Crippen molar-refractivity contribution < 1.29 is 14.6 Å². The summed E-state index contributed by atoms with van der Waals surface area (Å²) in [6.45, 7) is 7.49. The molecule has 0 saturated heterocycles. The van der Waals surface area contributed by atoms with Crippen molar-refractivity contribution in [2.45, 2.75) is 39.5 Å². The molecule has 6 nitrogen and oxygen atoms in total. The van der Waals surface area contributed by atoms with Crippen LogP contribution in [0.4, 0.5) is 0 Å². The molecule has 0 bridgehead atoms. The summed E-state index contributed by atoms with van der Waals surface area (Å²) in [5.74, 6) is -0.000457. The van der Waals surface area contributed by atoms with Gasteiger partial charge in [-0.05, 0) is 41.7 Å². The number of hydrogen-bond donors (Lipinski definition) is 1. The molecule has 0 amide bonds. The van der Waals surface area contributed by atoms with Crippen LogP contribution in [-0.4, -0.2) is 32.7 Å². The normalized spacial score (nSPS) is 11.8. The second-order valence-electron chi connectivity index (χ2n) is 7.43. The van der Waals surface area contributed by atoms with E-state index in [-0.39, 0.29) is 12.0 Å². The number of esters is 1. The number of aliphatic hydroxyl groups is 1. The number of benzene rings is 2. The molecule has 0 atom stereocenters. The van der Waals surface area contributed by atoms with Crippen LogP contribution < -0.4 is 4.74 Å². The van der Waals surface area contributed by atoms with Gasteiger partial charge >= 0.3 is 5.97 Å². The van der Waals surface area contributed by atoms with Crippen LogP contribution >= 0.6 is 11.6 Å². The number of aromatic nitrogens is 3. The van der Waals surface area contributed by atoms with Crippen molar-refractivity contribution in [1.29, 1.82) is 0 Å². The van der Waals surface area contributed by atoms with Gasteiger partial charge in [-0.3, -0.25) is 4.79 Å². The quantitative estimate of drug-likeness (QED) is 0.543. The summed E-state index contributed by atoms with van der Waals surface area (Å²) in [7, 11) is 0. The van der Waals surface area contributed by atoms with Crippen LogP contribution in [0, 0.1) is 0 Å². The van der Waals surface area contributed by atoms with Crippen molar-refractivity contribution in [3.63, 3.8) is 0 Å². The van der Waals surface area contributed by atoms with Crippen molar-refractivity contribution in [2.75, 3.05) is 6.61 Å². The Balaban J connectivity index is 2.29. The highest BCUT2D eigenvalue weighted by molar-refractivity contribution is 6.31. The Morgan fingerprint density at radius 3 is 2.52 bits per heavy atom. The van der Waals surface area contributed by atoms with E-state index in [2.05, 4.69) is 10.2 Å². The van der Waals surface area contributed by atoms with E-state index < -0.39 is 5.97 Å². The Kier molecular flexibility index (Phi) is 5.22. The van der Waals surface area contributed by atoms with Gasteiger partial charge in [0.25, 0.3) is 0 Å². The largest absolute Gasteiger partial charge is 0.424 e. The van der Waals surface area contributed by atoms with Crippen LogP contribution in [0.5, 0.6) is 5.75 Å². The Bertz CT molecular complexity index is 1010. The number of rotatable bonds is 4. The van der Waals surface area contributed by atoms with E-state index in [1.807, 2.05) is 32.9 Å². The summed E-state index contributed by atoms with van der Waals surface area (Å²) in [4.78, 5) is 13.2. The van der Waals surface area contributed by atoms with Gasteiger partial charge in [-0.25, -0.2) is 0 Å². The van der Waals surface area contributed by atoms with E-state index in [1.54, 1.807) is 18.2 Å². The Morgan fingerprint density at radius 2 is 1.89 bits per heavy atom. The third kappa shape index (κ3) is 4.12. The van der Waals surface area contributed by atoms with Crippen molar-refractivity contribution in [3.8, 4) is 11.4 Å². The van der Waals surface area contributed by atoms with Gasteiger partial charge in [-0.2, -0.15) is 0 Å². The number of hydrogen-bond acceptors (Lipinski definition) is 5. The summed E-state index contributed by atoms with van der Waals surface area (Å²) in [5.41, 5.74) is 3.33. The lowest BCUT2D eigenvalue weighted by Crippen LogP contribution is -2.18. The van der Waals surface area contributed by atoms with E-state index in [9.17, 15) is 9.90 Å². The van der Waals surface area contributed by atoms with Crippen LogP contribution in [0.3, 0.4) is 0 Å². The molecule has 0 aliphatic rings. The number of ether oxygens (including phenoxy) is 1. The summed E-state index contributed by atoms with van der Waals surface area (Å²) < 4.78 is 5.58. The molecule has 0 aliphatic heterocycles. The molecule has 3 rings (SSSR count). The molecule has 0 aliphatic carbocycles. The lowest BCUT2D eigenvalue weighted by molar-refractivity contribution is -0.131. The zero-order chi connectivity index (χ0) is 19.8. The smallest absolute Gasteiger partial charge is 0.308 e. The first-order valence-electron chi connectivity index (χ1n) is 8.68. The zero-order valence-electron chi connectivity index (χ0n) is 15.8. The van der Waals surface area contributed by atoms with E-state index in [4.69, 9.17) is 16.3 Å². The highest BCUT2D eigenvalue weighted by atomic mass is 35.5. The molecule has 0 unspecified atom stereocenters. The molecule has 0 saturated carbocycles. The van der Waals surface area contributed by atoms with Crippen molar-refractivity contribution in [2.24, 2.45) is 0 Å². The number of nitrogens with zero attached hydrogens (tertiary/aromatic N) is 3. The maximum atomic E-state index is 11.8. The van der Waals surface area contributed by atoms with E-state index >= 15 is 0 Å². The van der Waals surface area contributed by atoms with Crippen molar-refractivity contribution in [3.05, 3.63) is 46.5 Å². The highest BCUT2D eigenvalue weighted by Crippen LogP contribution is 2.37. The molecule has 2 aromatic carbocycles. The van der Waals surface area contributed by atoms with Crippen LogP contribution in [-0.2, 0) is 16.6 Å². The molecule has 3 aromatic rings. The molecule has 0 radical (unpaired) electrons. The molecule has 27 heavy (non-hydrogen) atoms. The van der Waals surface area contributed by atoms with Gasteiger partial charge in [0.1, 0.15) is 16.7 Å². The molecule has 0 fully saturated rings. The van der Waals surface area contributed by atoms with Crippen molar-refractivity contribution >= 4 is 28.6 Å². The van der Waals surface area contributed by atoms with Crippen LogP contribution in [0.1, 0.15) is 38.8 Å². The Morgan fingerprint density at radius 1 is 1.19 bits per heavy atom. The van der Waals surface area contributed by atoms with Gasteiger partial charge in [0.05, 0.1) is 0 Å². The number of fused-ring (bicyclic) bond motifs is 1. The standard InChI is InChI=1S/C20H22ClN3O3/c1-12(26)27-19-15(20(2,3)4)9-13(7-8-25)10-18(19)24-22-16-6-5-14(21)11-17(16)23-24/h5-6,9-11,25H,7-8H2,1-4H3. The molecule has 1 heterocycles. The fraction of sp³-hybridized carbons (Fsp3) is 0.350. The molecule has 1 N–H and O–H groups in total. The zero-order valence-corrected chi connectivity index (χ0v) is 16.5. The fourth-order valence-electron chi connectivity index (χ4n) is 2.90. The minimum atomic E-state index is -0.420. The second kappa shape index (κ2) is 7.29. The van der Waals surface area contributed by atoms with Crippen LogP contribution in [0.15, 0.2) is 30.3 Å². The van der Waals surface area contributed by atoms with Crippen LogP contribution in [0.25, 0.3) is 16.7 Å². The Labute approximate surface area is 162 Å². The fourth-order valence-corrected chi connectivity index (χ4v) is 3.06. The predicted molar refractivity (Wildman–Crippen MR) is 105 cm³/mol. The summed E-state index contributed by atoms with van der Waals surface area (Å²) in [6.07, 6.45) is 0.475. The van der Waals surface area contributed by atoms with E-state index in [0.717, 1.165) is 11.1 Å². The van der Waals surface area contributed by atoms with E-state index in [0.29, 0.717) is 33.9 Å². The SMILES string of the molecule is CC(=O)Oc1c(-n2nc3ccc(Cl)cc3n2)cc(CCO)cc1C(C)(C)C. The average Bonchev–Trinajstić information content (AvgIpc) is 2.97. The van der Waals surface area contributed by atoms with Gasteiger partial charge in [0, 0.05) is 24.1 Å². The molecular formula is C20H22ClN3O3. The average molecular weight is 388 g/mol. The van der Waals surface area contributed by atoms with Gasteiger partial charge in [0.2, 0.25) is 0 Å². The Hall–Kier alpha value is -2.44. The molecule has 0 spiro atoms. The summed E-state index contributed by atoms with van der Waals surface area (Å²) in [5, 5.41) is 19.0. The minimum absolute atomic E-state index is 0.0139. The number of carbonyl (C=O) groups is 1. The topological polar surface area (TPSA) is 77.2 Å². The second-order valence-corrected chi connectivity index (χ2v) is 7.87. The molecule has 1 aromatic heterocycles. The highest BCUT2D eigenvalue weighted by Gasteiger charge is 2.25. The monoisotopic (exact) mass is 387 g/mol. The third-order valence-electron chi connectivity index (χ3n) is 4.14. The molecule has 142 valence electrons. The first-order chi connectivity index (χ1) is 12.7. The number of aliphatic hydroxyl groups excluding tert-OH is 1.